The summed E-state index contributed by atoms with van der Waals surface area (Å²) in [5.74, 6) is 1.07. The van der Waals surface area contributed by atoms with E-state index in [0.29, 0.717) is 0 Å². The molecule has 1 heterocycles. The van der Waals surface area contributed by atoms with Crippen molar-refractivity contribution in [3.8, 4) is 5.75 Å². The van der Waals surface area contributed by atoms with Crippen molar-refractivity contribution in [2.75, 3.05) is 6.61 Å². The summed E-state index contributed by atoms with van der Waals surface area (Å²) in [6, 6.07) is 14.0. The Bertz CT molecular complexity index is 527. The van der Waals surface area contributed by atoms with Gasteiger partial charge in [0.05, 0.1) is 12.0 Å². The predicted molar refractivity (Wildman–Crippen MR) is 88.1 cm³/mol. The van der Waals surface area contributed by atoms with Crippen LogP contribution in [-0.2, 0) is 0 Å². The minimum Gasteiger partial charge on any atom is -0.494 e. The molecule has 112 valence electrons. The standard InChI is InChI=1S/C18H22ClNO/c1-3-4-13-21-16-10-8-15(9-11-16)18(19)14(2)17-7-5-6-12-20-17/h5-12,14,18H,3-4,13H2,1-2H3. The largest absolute Gasteiger partial charge is 0.494 e. The van der Waals surface area contributed by atoms with E-state index in [1.807, 2.05) is 42.5 Å². The molecule has 0 radical (unpaired) electrons. The van der Waals surface area contributed by atoms with Crippen LogP contribution < -0.4 is 4.74 Å². The van der Waals surface area contributed by atoms with Crippen LogP contribution in [0.3, 0.4) is 0 Å². The third kappa shape index (κ3) is 4.47. The number of benzene rings is 1. The van der Waals surface area contributed by atoms with Gasteiger partial charge in [-0.1, -0.05) is 38.5 Å². The summed E-state index contributed by atoms with van der Waals surface area (Å²) in [7, 11) is 0. The van der Waals surface area contributed by atoms with Crippen molar-refractivity contribution in [2.45, 2.75) is 38.0 Å². The zero-order chi connectivity index (χ0) is 15.1. The van der Waals surface area contributed by atoms with Crippen molar-refractivity contribution in [2.24, 2.45) is 0 Å². The average Bonchev–Trinajstić information content (AvgIpc) is 2.55. The number of pyridine rings is 1. The van der Waals surface area contributed by atoms with E-state index in [2.05, 4.69) is 18.8 Å². The SMILES string of the molecule is CCCCOc1ccc(C(Cl)C(C)c2ccccn2)cc1. The molecule has 0 bridgehead atoms. The van der Waals surface area contributed by atoms with Crippen LogP contribution >= 0.6 is 11.6 Å². The lowest BCUT2D eigenvalue weighted by Gasteiger charge is -2.18. The molecule has 21 heavy (non-hydrogen) atoms. The van der Waals surface area contributed by atoms with Crippen molar-refractivity contribution in [1.29, 1.82) is 0 Å². The van der Waals surface area contributed by atoms with E-state index in [-0.39, 0.29) is 11.3 Å². The van der Waals surface area contributed by atoms with Gasteiger partial charge in [0, 0.05) is 17.8 Å². The summed E-state index contributed by atoms with van der Waals surface area (Å²) in [5.41, 5.74) is 2.11. The number of hydrogen-bond donors (Lipinski definition) is 0. The molecule has 0 N–H and O–H groups in total. The summed E-state index contributed by atoms with van der Waals surface area (Å²) in [5, 5.41) is -0.0930. The first kappa shape index (κ1) is 15.8. The number of nitrogens with zero attached hydrogens (tertiary/aromatic N) is 1. The van der Waals surface area contributed by atoms with Crippen LogP contribution in [0.2, 0.25) is 0 Å². The number of halogens is 1. The third-order valence-corrected chi connectivity index (χ3v) is 4.19. The molecule has 3 heteroatoms. The van der Waals surface area contributed by atoms with Gasteiger partial charge in [0.2, 0.25) is 0 Å². The maximum Gasteiger partial charge on any atom is 0.119 e. The van der Waals surface area contributed by atoms with Gasteiger partial charge in [0.15, 0.2) is 0 Å². The lowest BCUT2D eigenvalue weighted by Crippen LogP contribution is -2.04. The second-order valence-electron chi connectivity index (χ2n) is 5.22. The average molecular weight is 304 g/mol. The highest BCUT2D eigenvalue weighted by Gasteiger charge is 2.19. The first-order valence-electron chi connectivity index (χ1n) is 7.50. The van der Waals surface area contributed by atoms with E-state index < -0.39 is 0 Å². The second-order valence-corrected chi connectivity index (χ2v) is 5.69. The molecular formula is C18H22ClNO. The molecule has 2 atom stereocenters. The summed E-state index contributed by atoms with van der Waals surface area (Å²) in [6.07, 6.45) is 4.03. The summed E-state index contributed by atoms with van der Waals surface area (Å²) >= 11 is 6.59. The molecule has 1 aromatic heterocycles. The molecule has 0 saturated heterocycles. The topological polar surface area (TPSA) is 22.1 Å². The van der Waals surface area contributed by atoms with Crippen molar-refractivity contribution < 1.29 is 4.74 Å². The van der Waals surface area contributed by atoms with Crippen LogP contribution in [0, 0.1) is 0 Å². The first-order chi connectivity index (χ1) is 10.2. The van der Waals surface area contributed by atoms with Crippen LogP contribution in [0.15, 0.2) is 48.7 Å². The minimum atomic E-state index is -0.0930. The number of unbranched alkanes of at least 4 members (excludes halogenated alkanes) is 1. The molecule has 0 aliphatic carbocycles. The van der Waals surface area contributed by atoms with Crippen LogP contribution in [0.4, 0.5) is 0 Å². The van der Waals surface area contributed by atoms with E-state index in [1.54, 1.807) is 6.20 Å². The zero-order valence-electron chi connectivity index (χ0n) is 12.6. The summed E-state index contributed by atoms with van der Waals surface area (Å²) < 4.78 is 5.67. The number of aromatic nitrogens is 1. The fraction of sp³-hybridized carbons (Fsp3) is 0.389. The van der Waals surface area contributed by atoms with Gasteiger partial charge < -0.3 is 4.74 Å². The Morgan fingerprint density at radius 2 is 1.90 bits per heavy atom. The quantitative estimate of drug-likeness (QED) is 0.508. The molecule has 0 aliphatic heterocycles. The smallest absolute Gasteiger partial charge is 0.119 e. The summed E-state index contributed by atoms with van der Waals surface area (Å²) in [6.45, 7) is 5.03. The molecular weight excluding hydrogens is 282 g/mol. The van der Waals surface area contributed by atoms with E-state index in [4.69, 9.17) is 16.3 Å². The van der Waals surface area contributed by atoms with Crippen molar-refractivity contribution in [1.82, 2.24) is 4.98 Å². The van der Waals surface area contributed by atoms with E-state index in [1.165, 1.54) is 0 Å². The van der Waals surface area contributed by atoms with Crippen LogP contribution in [0.1, 0.15) is 49.2 Å². The van der Waals surface area contributed by atoms with Gasteiger partial charge in [0.1, 0.15) is 5.75 Å². The number of alkyl halides is 1. The monoisotopic (exact) mass is 303 g/mol. The molecule has 0 aliphatic rings. The van der Waals surface area contributed by atoms with Gasteiger partial charge in [-0.3, -0.25) is 4.98 Å². The Morgan fingerprint density at radius 1 is 1.14 bits per heavy atom. The zero-order valence-corrected chi connectivity index (χ0v) is 13.4. The van der Waals surface area contributed by atoms with Crippen molar-refractivity contribution in [3.63, 3.8) is 0 Å². The van der Waals surface area contributed by atoms with E-state index in [9.17, 15) is 0 Å². The molecule has 0 saturated carbocycles. The van der Waals surface area contributed by atoms with Crippen LogP contribution in [0.25, 0.3) is 0 Å². The first-order valence-corrected chi connectivity index (χ1v) is 7.93. The maximum absolute atomic E-state index is 6.59. The molecule has 2 rings (SSSR count). The number of hydrogen-bond acceptors (Lipinski definition) is 2. The number of ether oxygens (including phenoxy) is 1. The van der Waals surface area contributed by atoms with Crippen molar-refractivity contribution in [3.05, 3.63) is 59.9 Å². The fourth-order valence-corrected chi connectivity index (χ4v) is 2.44. The Hall–Kier alpha value is -1.54. The lowest BCUT2D eigenvalue weighted by molar-refractivity contribution is 0.309. The van der Waals surface area contributed by atoms with Gasteiger partial charge in [0.25, 0.3) is 0 Å². The van der Waals surface area contributed by atoms with Gasteiger partial charge in [-0.2, -0.15) is 0 Å². The highest BCUT2D eigenvalue weighted by Crippen LogP contribution is 2.35. The van der Waals surface area contributed by atoms with Gasteiger partial charge in [-0.25, -0.2) is 0 Å². The van der Waals surface area contributed by atoms with Crippen LogP contribution in [-0.4, -0.2) is 11.6 Å². The Labute approximate surface area is 132 Å². The summed E-state index contributed by atoms with van der Waals surface area (Å²) in [4.78, 5) is 4.38. The van der Waals surface area contributed by atoms with Crippen LogP contribution in [0.5, 0.6) is 5.75 Å². The fourth-order valence-electron chi connectivity index (χ4n) is 2.17. The van der Waals surface area contributed by atoms with E-state index >= 15 is 0 Å². The Balaban J connectivity index is 2.01. The second kappa shape index (κ2) is 8.04. The molecule has 2 nitrogen and oxygen atoms in total. The molecule has 0 fully saturated rings. The molecule has 2 unspecified atom stereocenters. The lowest BCUT2D eigenvalue weighted by atomic mass is 9.97. The Kier molecular flexibility index (Phi) is 6.06. The maximum atomic E-state index is 6.59. The van der Waals surface area contributed by atoms with Crippen molar-refractivity contribution >= 4 is 11.6 Å². The molecule has 0 amide bonds. The van der Waals surface area contributed by atoms with Gasteiger partial charge in [-0.15, -0.1) is 11.6 Å². The van der Waals surface area contributed by atoms with E-state index in [0.717, 1.165) is 36.5 Å². The van der Waals surface area contributed by atoms with Gasteiger partial charge in [-0.05, 0) is 36.2 Å². The normalized spacial score (nSPS) is 13.7. The highest BCUT2D eigenvalue weighted by atomic mass is 35.5. The molecule has 0 spiro atoms. The molecule has 2 aromatic rings. The number of rotatable bonds is 7. The third-order valence-electron chi connectivity index (χ3n) is 3.56. The highest BCUT2D eigenvalue weighted by molar-refractivity contribution is 6.21. The Morgan fingerprint density at radius 3 is 2.52 bits per heavy atom. The molecule has 1 aromatic carbocycles. The van der Waals surface area contributed by atoms with Gasteiger partial charge >= 0.3 is 0 Å². The predicted octanol–water partition coefficient (Wildman–Crippen LogP) is 5.34. The minimum absolute atomic E-state index is 0.0930.